The molecule has 0 unspecified atom stereocenters. The summed E-state index contributed by atoms with van der Waals surface area (Å²) in [7, 11) is 0. The molecule has 0 fully saturated rings. The van der Waals surface area contributed by atoms with Crippen molar-refractivity contribution in [1.82, 2.24) is 24.9 Å². The van der Waals surface area contributed by atoms with Crippen LogP contribution in [0.3, 0.4) is 0 Å². The maximum atomic E-state index is 6.21. The quantitative estimate of drug-likeness (QED) is 0.130. The second kappa shape index (κ2) is 15.3. The molecule has 0 aliphatic carbocycles. The average Bonchev–Trinajstić information content (AvgIpc) is 3.61. The van der Waals surface area contributed by atoms with Crippen LogP contribution in [-0.2, 0) is 30.9 Å². The largest absolute Gasteiger partial charge is 0.476 e. The fraction of sp³-hybridized carbons (Fsp3) is 0.157. The number of para-hydroxylation sites is 1. The molecule has 58 heavy (non-hydrogen) atoms. The van der Waals surface area contributed by atoms with Gasteiger partial charge in [0.25, 0.3) is 0 Å². The van der Waals surface area contributed by atoms with Crippen molar-refractivity contribution in [3.05, 3.63) is 164 Å². The van der Waals surface area contributed by atoms with Crippen molar-refractivity contribution in [2.45, 2.75) is 52.4 Å². The smallest absolute Gasteiger partial charge is 0.164 e. The summed E-state index contributed by atoms with van der Waals surface area (Å²) in [5.74, 6) is 2.29. The van der Waals surface area contributed by atoms with Gasteiger partial charge in [0, 0.05) is 48.9 Å². The van der Waals surface area contributed by atoms with E-state index >= 15 is 0 Å². The van der Waals surface area contributed by atoms with Gasteiger partial charge < -0.3 is 14.4 Å². The minimum absolute atomic E-state index is 0. The van der Waals surface area contributed by atoms with E-state index in [9.17, 15) is 0 Å². The van der Waals surface area contributed by atoms with Crippen LogP contribution in [0.5, 0.6) is 0 Å². The van der Waals surface area contributed by atoms with Gasteiger partial charge in [0.2, 0.25) is 0 Å². The number of hydrogen-bond donors (Lipinski definition) is 0. The Hall–Kier alpha value is -6.14. The van der Waals surface area contributed by atoms with Crippen LogP contribution >= 0.6 is 0 Å². The first-order valence-corrected chi connectivity index (χ1v) is 19.2. The Morgan fingerprint density at radius 1 is 0.483 bits per heavy atom. The molecule has 6 aromatic carbocycles. The fourth-order valence-corrected chi connectivity index (χ4v) is 7.29. The molecule has 1 radical (unpaired) electrons. The van der Waals surface area contributed by atoms with Gasteiger partial charge in [-0.15, -0.1) is 53.6 Å². The summed E-state index contributed by atoms with van der Waals surface area (Å²) < 4.78 is 6.21. The Kier molecular flexibility index (Phi) is 10.2. The molecule has 287 valence electrons. The number of nitrogens with zero attached hydrogens (tertiary/aromatic N) is 5. The second-order valence-corrected chi connectivity index (χ2v) is 16.4. The number of pyridine rings is 2. The van der Waals surface area contributed by atoms with Gasteiger partial charge in [0.1, 0.15) is 17.2 Å². The van der Waals surface area contributed by atoms with Crippen LogP contribution in [0.4, 0.5) is 0 Å². The van der Waals surface area contributed by atoms with Crippen LogP contribution < -0.4 is 0 Å². The van der Waals surface area contributed by atoms with Crippen LogP contribution in [0, 0.1) is 12.1 Å². The van der Waals surface area contributed by atoms with Gasteiger partial charge >= 0.3 is 0 Å². The number of rotatable bonds is 3. The van der Waals surface area contributed by atoms with Crippen molar-refractivity contribution in [2.75, 3.05) is 0 Å². The first kappa shape index (κ1) is 38.7. The minimum atomic E-state index is -0.227. The molecule has 0 saturated heterocycles. The molecule has 4 heterocycles. The number of fused-ring (bicyclic) bond motifs is 8. The molecule has 0 bridgehead atoms. The molecule has 0 spiro atoms. The maximum absolute atomic E-state index is 6.21. The molecule has 0 aliphatic heterocycles. The number of benzene rings is 6. The van der Waals surface area contributed by atoms with E-state index in [0.29, 0.717) is 5.82 Å². The third-order valence-electron chi connectivity index (χ3n) is 10.2. The zero-order valence-corrected chi connectivity index (χ0v) is 35.7. The van der Waals surface area contributed by atoms with Crippen LogP contribution in [0.15, 0.2) is 144 Å². The van der Waals surface area contributed by atoms with Gasteiger partial charge in [-0.1, -0.05) is 120 Å². The number of hydrogen-bond acceptors (Lipinski definition) is 6. The Bertz CT molecular complexity index is 3020. The molecule has 10 rings (SSSR count). The van der Waals surface area contributed by atoms with Gasteiger partial charge in [-0.05, 0) is 73.4 Å². The molecule has 0 atom stereocenters. The third kappa shape index (κ3) is 7.28. The number of furan rings is 1. The Balaban J connectivity index is 0.000000309. The Morgan fingerprint density at radius 3 is 1.84 bits per heavy atom. The van der Waals surface area contributed by atoms with E-state index in [4.69, 9.17) is 24.4 Å². The minimum Gasteiger partial charge on any atom is -0.476 e. The molecule has 10 aromatic rings. The molecule has 0 amide bonds. The second-order valence-electron chi connectivity index (χ2n) is 16.4. The maximum Gasteiger partial charge on any atom is 0.164 e. The van der Waals surface area contributed by atoms with Crippen molar-refractivity contribution in [3.63, 3.8) is 0 Å². The Morgan fingerprint density at radius 2 is 1.14 bits per heavy atom. The molecular weight excluding hydrogens is 891 g/mol. The van der Waals surface area contributed by atoms with Gasteiger partial charge in [0.15, 0.2) is 5.82 Å². The summed E-state index contributed by atoms with van der Waals surface area (Å²) in [5, 5.41) is 8.90. The summed E-state index contributed by atoms with van der Waals surface area (Å²) in [6, 6.07) is 49.8. The predicted molar refractivity (Wildman–Crippen MR) is 233 cm³/mol. The summed E-state index contributed by atoms with van der Waals surface area (Å²) in [6.45, 7) is 12.9. The van der Waals surface area contributed by atoms with E-state index in [2.05, 4.69) is 119 Å². The van der Waals surface area contributed by atoms with Crippen molar-refractivity contribution in [1.29, 1.82) is 0 Å². The molecule has 6 nitrogen and oxygen atoms in total. The van der Waals surface area contributed by atoms with Crippen molar-refractivity contribution >= 4 is 54.3 Å². The normalized spacial score (nSPS) is 11.8. The van der Waals surface area contributed by atoms with Crippen LogP contribution in [0.25, 0.3) is 88.2 Å². The van der Waals surface area contributed by atoms with Crippen LogP contribution in [0.1, 0.15) is 53.2 Å². The molecule has 0 N–H and O–H groups in total. The van der Waals surface area contributed by atoms with Gasteiger partial charge in [-0.3, -0.25) is 0 Å². The molecule has 0 saturated carbocycles. The van der Waals surface area contributed by atoms with Crippen LogP contribution in [0.2, 0.25) is 0 Å². The predicted octanol–water partition coefficient (Wildman–Crippen LogP) is 12.9. The van der Waals surface area contributed by atoms with E-state index in [-0.39, 0.29) is 30.9 Å². The van der Waals surface area contributed by atoms with Crippen molar-refractivity contribution in [3.8, 4) is 33.9 Å². The van der Waals surface area contributed by atoms with Gasteiger partial charge in [-0.2, -0.15) is 0 Å². The average molecular weight is 932 g/mol. The van der Waals surface area contributed by atoms with Crippen LogP contribution in [-0.4, -0.2) is 24.9 Å². The zero-order valence-electron chi connectivity index (χ0n) is 33.3. The third-order valence-corrected chi connectivity index (χ3v) is 10.2. The first-order valence-electron chi connectivity index (χ1n) is 19.2. The topological polar surface area (TPSA) is 77.6 Å². The van der Waals surface area contributed by atoms with E-state index < -0.39 is 0 Å². The van der Waals surface area contributed by atoms with E-state index in [1.165, 1.54) is 5.39 Å². The van der Waals surface area contributed by atoms with Gasteiger partial charge in [0.05, 0.1) is 5.58 Å². The molecule has 0 aliphatic rings. The molecule has 4 aromatic heterocycles. The summed E-state index contributed by atoms with van der Waals surface area (Å²) in [5.41, 5.74) is 6.03. The van der Waals surface area contributed by atoms with Crippen molar-refractivity contribution in [2.24, 2.45) is 0 Å². The molecular formula is C51H41IrN5O-2. The number of aromatic nitrogens is 5. The van der Waals surface area contributed by atoms with Crippen molar-refractivity contribution < 1.29 is 24.5 Å². The monoisotopic (exact) mass is 932 g/mol. The SMILES string of the molecule is CC(C)(C)c1nc(-c2cc3c4ccnc(-c5[c-]cc6c(c5)oc5ccccc56)c4ccc3c3ccccc23)nc(C(C)(C)C)n1.[Ir].[c-]1ccccc1-c1ccccn1. The Labute approximate surface area is 351 Å². The van der Waals surface area contributed by atoms with E-state index in [1.54, 1.807) is 6.20 Å². The zero-order chi connectivity index (χ0) is 39.3. The van der Waals surface area contributed by atoms with E-state index in [0.717, 1.165) is 88.6 Å². The summed E-state index contributed by atoms with van der Waals surface area (Å²) in [6.07, 6.45) is 3.68. The summed E-state index contributed by atoms with van der Waals surface area (Å²) in [4.78, 5) is 24.2. The fourth-order valence-electron chi connectivity index (χ4n) is 7.29. The van der Waals surface area contributed by atoms with E-state index in [1.807, 2.05) is 72.9 Å². The van der Waals surface area contributed by atoms with Gasteiger partial charge in [-0.25, -0.2) is 15.0 Å². The molecule has 7 heteroatoms. The summed E-state index contributed by atoms with van der Waals surface area (Å²) >= 11 is 0. The first-order chi connectivity index (χ1) is 27.5. The standard InChI is InChI=1S/C40H33N4O.C11H8N.Ir/c1-39(2,3)37-42-36(43-38(44-37)40(4,5)6)32-22-31-26(24-11-7-8-12-25(24)32)17-18-30-27(31)19-20-41-35(30)23-15-16-29-28-13-9-10-14-33(28)45-34(29)21-23;1-2-6-10(7-3-1)11-8-4-5-9-12-11;/h7-14,16-22H,1-6H3;1-6,8-9H;/q2*-1;.